The third-order valence-corrected chi connectivity index (χ3v) is 3.05. The van der Waals surface area contributed by atoms with Crippen LogP contribution in [0.3, 0.4) is 0 Å². The van der Waals surface area contributed by atoms with E-state index in [1.165, 1.54) is 6.07 Å². The fourth-order valence-corrected chi connectivity index (χ4v) is 1.64. The predicted molar refractivity (Wildman–Crippen MR) is 53.6 cm³/mol. The molecule has 0 radical (unpaired) electrons. The lowest BCUT2D eigenvalue weighted by Gasteiger charge is -2.16. The summed E-state index contributed by atoms with van der Waals surface area (Å²) in [6, 6.07) is 2.77. The van der Waals surface area contributed by atoms with E-state index in [0.717, 1.165) is 6.07 Å². The van der Waals surface area contributed by atoms with E-state index in [2.05, 4.69) is 15.9 Å². The first-order valence-corrected chi connectivity index (χ1v) is 5.41. The van der Waals surface area contributed by atoms with Crippen molar-refractivity contribution in [1.29, 1.82) is 0 Å². The molecule has 15 heavy (non-hydrogen) atoms. The second kappa shape index (κ2) is 4.51. The van der Waals surface area contributed by atoms with E-state index in [-0.39, 0.29) is 11.5 Å². The van der Waals surface area contributed by atoms with Gasteiger partial charge in [0.25, 0.3) is 0 Å². The highest BCUT2D eigenvalue weighted by Gasteiger charge is 2.34. The molecule has 1 aromatic carbocycles. The summed E-state index contributed by atoms with van der Waals surface area (Å²) in [6.07, 6.45) is -4.51. The first-order chi connectivity index (χ1) is 6.86. The van der Waals surface area contributed by atoms with Gasteiger partial charge in [0.2, 0.25) is 0 Å². The Hall–Kier alpha value is -0.580. The molecule has 0 aliphatic rings. The molecular formula is C10H9BrF4. The molecule has 0 nitrogen and oxygen atoms in total. The van der Waals surface area contributed by atoms with Crippen molar-refractivity contribution in [3.05, 3.63) is 35.1 Å². The molecule has 0 bridgehead atoms. The van der Waals surface area contributed by atoms with Crippen molar-refractivity contribution >= 4 is 15.9 Å². The van der Waals surface area contributed by atoms with E-state index in [4.69, 9.17) is 0 Å². The molecule has 0 saturated carbocycles. The summed E-state index contributed by atoms with van der Waals surface area (Å²) in [7, 11) is 0. The van der Waals surface area contributed by atoms with Crippen LogP contribution in [0.25, 0.3) is 0 Å². The molecule has 1 aromatic rings. The van der Waals surface area contributed by atoms with E-state index >= 15 is 0 Å². The van der Waals surface area contributed by atoms with Crippen molar-refractivity contribution in [3.63, 3.8) is 0 Å². The lowest BCUT2D eigenvalue weighted by atomic mass is 9.97. The zero-order valence-corrected chi connectivity index (χ0v) is 9.49. The Morgan fingerprint density at radius 3 is 2.40 bits per heavy atom. The standard InChI is InChI=1S/C10H9BrF4/c1-6(5-11)8-3-2-7(12)4-9(8)10(13,14)15/h2-4,6H,5H2,1H3. The zero-order chi connectivity index (χ0) is 11.6. The lowest BCUT2D eigenvalue weighted by molar-refractivity contribution is -0.138. The number of benzene rings is 1. The molecule has 0 aliphatic carbocycles. The maximum atomic E-state index is 12.7. The normalized spacial score (nSPS) is 14.0. The third-order valence-electron chi connectivity index (χ3n) is 2.08. The van der Waals surface area contributed by atoms with Crippen molar-refractivity contribution < 1.29 is 17.6 Å². The van der Waals surface area contributed by atoms with Crippen LogP contribution in [-0.4, -0.2) is 5.33 Å². The summed E-state index contributed by atoms with van der Waals surface area (Å²) in [6.45, 7) is 1.65. The van der Waals surface area contributed by atoms with Crippen LogP contribution in [0, 0.1) is 5.82 Å². The SMILES string of the molecule is CC(CBr)c1ccc(F)cc1C(F)(F)F. The van der Waals surface area contributed by atoms with Gasteiger partial charge in [-0.15, -0.1) is 0 Å². The van der Waals surface area contributed by atoms with Gasteiger partial charge < -0.3 is 0 Å². The zero-order valence-electron chi connectivity index (χ0n) is 7.91. The van der Waals surface area contributed by atoms with Crippen LogP contribution in [-0.2, 0) is 6.18 Å². The fourth-order valence-electron chi connectivity index (χ4n) is 1.29. The number of halogens is 5. The van der Waals surface area contributed by atoms with E-state index in [0.29, 0.717) is 11.4 Å². The number of alkyl halides is 4. The third kappa shape index (κ3) is 2.93. The van der Waals surface area contributed by atoms with Crippen molar-refractivity contribution in [2.75, 3.05) is 5.33 Å². The number of hydrogen-bond donors (Lipinski definition) is 0. The Morgan fingerprint density at radius 2 is 1.93 bits per heavy atom. The van der Waals surface area contributed by atoms with Gasteiger partial charge in [-0.3, -0.25) is 0 Å². The molecular weight excluding hydrogens is 276 g/mol. The molecule has 0 spiro atoms. The summed E-state index contributed by atoms with van der Waals surface area (Å²) in [5.41, 5.74) is -0.782. The molecule has 0 N–H and O–H groups in total. The summed E-state index contributed by atoms with van der Waals surface area (Å²) >= 11 is 3.11. The smallest absolute Gasteiger partial charge is 0.207 e. The molecule has 84 valence electrons. The summed E-state index contributed by atoms with van der Waals surface area (Å²) in [5.74, 6) is -1.17. The molecule has 1 unspecified atom stereocenters. The van der Waals surface area contributed by atoms with Crippen molar-refractivity contribution in [3.8, 4) is 0 Å². The van der Waals surface area contributed by atoms with Gasteiger partial charge in [0, 0.05) is 5.33 Å². The average Bonchev–Trinajstić information content (AvgIpc) is 2.15. The molecule has 1 atom stereocenters. The van der Waals surface area contributed by atoms with Crippen molar-refractivity contribution in [1.82, 2.24) is 0 Å². The number of rotatable bonds is 2. The first-order valence-electron chi connectivity index (χ1n) is 4.29. The largest absolute Gasteiger partial charge is 0.416 e. The van der Waals surface area contributed by atoms with Crippen LogP contribution in [0.1, 0.15) is 24.0 Å². The molecule has 5 heteroatoms. The molecule has 0 fully saturated rings. The Balaban J connectivity index is 3.27. The minimum Gasteiger partial charge on any atom is -0.207 e. The van der Waals surface area contributed by atoms with Crippen molar-refractivity contribution in [2.24, 2.45) is 0 Å². The predicted octanol–water partition coefficient (Wildman–Crippen LogP) is 4.34. The van der Waals surface area contributed by atoms with Gasteiger partial charge in [-0.05, 0) is 23.6 Å². The highest BCUT2D eigenvalue weighted by Crippen LogP contribution is 2.36. The fraction of sp³-hybridized carbons (Fsp3) is 0.400. The Labute approximate surface area is 93.4 Å². The monoisotopic (exact) mass is 284 g/mol. The van der Waals surface area contributed by atoms with Crippen LogP contribution in [0.2, 0.25) is 0 Å². The highest BCUT2D eigenvalue weighted by molar-refractivity contribution is 9.09. The minimum absolute atomic E-state index is 0.112. The van der Waals surface area contributed by atoms with Gasteiger partial charge in [-0.1, -0.05) is 28.9 Å². The average molecular weight is 285 g/mol. The van der Waals surface area contributed by atoms with Gasteiger partial charge in [-0.25, -0.2) is 4.39 Å². The molecule has 1 rings (SSSR count). The molecule has 0 aliphatic heterocycles. The van der Waals surface area contributed by atoms with Gasteiger partial charge in [-0.2, -0.15) is 13.2 Å². The molecule has 0 aromatic heterocycles. The summed E-state index contributed by atoms with van der Waals surface area (Å²) in [5, 5.41) is 0.404. The van der Waals surface area contributed by atoms with E-state index < -0.39 is 17.6 Å². The van der Waals surface area contributed by atoms with Gasteiger partial charge in [0.1, 0.15) is 5.82 Å². The van der Waals surface area contributed by atoms with Gasteiger partial charge in [0.05, 0.1) is 5.56 Å². The molecule has 0 saturated heterocycles. The quantitative estimate of drug-likeness (QED) is 0.560. The summed E-state index contributed by atoms with van der Waals surface area (Å²) in [4.78, 5) is 0. The Kier molecular flexibility index (Phi) is 3.76. The van der Waals surface area contributed by atoms with Crippen LogP contribution in [0.5, 0.6) is 0 Å². The van der Waals surface area contributed by atoms with Crippen molar-refractivity contribution in [2.45, 2.75) is 19.0 Å². The lowest BCUT2D eigenvalue weighted by Crippen LogP contribution is -2.12. The Morgan fingerprint density at radius 1 is 1.33 bits per heavy atom. The van der Waals surface area contributed by atoms with Crippen LogP contribution in [0.4, 0.5) is 17.6 Å². The van der Waals surface area contributed by atoms with Gasteiger partial charge >= 0.3 is 6.18 Å². The highest BCUT2D eigenvalue weighted by atomic mass is 79.9. The molecule has 0 amide bonds. The molecule has 0 heterocycles. The second-order valence-corrected chi connectivity index (χ2v) is 3.93. The van der Waals surface area contributed by atoms with Gasteiger partial charge in [0.15, 0.2) is 0 Å². The first kappa shape index (κ1) is 12.5. The topological polar surface area (TPSA) is 0 Å². The maximum Gasteiger partial charge on any atom is 0.416 e. The summed E-state index contributed by atoms with van der Waals surface area (Å²) < 4.78 is 50.4. The van der Waals surface area contributed by atoms with Crippen LogP contribution < -0.4 is 0 Å². The minimum atomic E-state index is -4.51. The van der Waals surface area contributed by atoms with E-state index in [1.54, 1.807) is 6.92 Å². The van der Waals surface area contributed by atoms with E-state index in [1.807, 2.05) is 0 Å². The van der Waals surface area contributed by atoms with Crippen LogP contribution >= 0.6 is 15.9 Å². The maximum absolute atomic E-state index is 12.7. The number of hydrogen-bond acceptors (Lipinski definition) is 0. The second-order valence-electron chi connectivity index (χ2n) is 3.28. The van der Waals surface area contributed by atoms with E-state index in [9.17, 15) is 17.6 Å². The Bertz CT molecular complexity index is 346. The van der Waals surface area contributed by atoms with Crippen LogP contribution in [0.15, 0.2) is 18.2 Å².